The summed E-state index contributed by atoms with van der Waals surface area (Å²) in [4.78, 5) is 14.6. The number of carbonyl (C=O) groups excluding carboxylic acids is 1. The highest BCUT2D eigenvalue weighted by molar-refractivity contribution is 7.92. The van der Waals surface area contributed by atoms with E-state index in [2.05, 4.69) is 10.2 Å². The predicted octanol–water partition coefficient (Wildman–Crippen LogP) is 2.97. The first-order chi connectivity index (χ1) is 13.2. The fourth-order valence-corrected chi connectivity index (χ4v) is 3.98. The molecule has 28 heavy (non-hydrogen) atoms. The van der Waals surface area contributed by atoms with Crippen LogP contribution in [0.15, 0.2) is 42.5 Å². The van der Waals surface area contributed by atoms with Gasteiger partial charge >= 0.3 is 0 Å². The number of nitrogens with zero attached hydrogens (tertiary/aromatic N) is 2. The van der Waals surface area contributed by atoms with Crippen molar-refractivity contribution in [3.05, 3.63) is 54.1 Å². The average molecular weight is 409 g/mol. The molecule has 1 amide bonds. The summed E-state index contributed by atoms with van der Waals surface area (Å²) < 4.78 is 51.8. The van der Waals surface area contributed by atoms with Crippen LogP contribution in [0.2, 0.25) is 0 Å². The van der Waals surface area contributed by atoms with Gasteiger partial charge in [-0.3, -0.25) is 9.10 Å². The zero-order chi connectivity index (χ0) is 20.3. The minimum Gasteiger partial charge on any atom is -0.372 e. The molecule has 1 aliphatic rings. The van der Waals surface area contributed by atoms with Gasteiger partial charge in [-0.05, 0) is 49.2 Å². The highest BCUT2D eigenvalue weighted by Gasteiger charge is 2.24. The number of hydrogen-bond acceptors (Lipinski definition) is 4. The van der Waals surface area contributed by atoms with Gasteiger partial charge in [-0.2, -0.15) is 0 Å². The molecular formula is C19H21F2N3O3S. The molecule has 2 aromatic rings. The molecule has 1 N–H and O–H groups in total. The highest BCUT2D eigenvalue weighted by Crippen LogP contribution is 2.24. The number of carbonyl (C=O) groups is 1. The molecule has 0 bridgehead atoms. The molecule has 0 spiro atoms. The molecule has 3 rings (SSSR count). The van der Waals surface area contributed by atoms with Crippen molar-refractivity contribution < 1.29 is 22.0 Å². The summed E-state index contributed by atoms with van der Waals surface area (Å²) in [5.74, 6) is -2.53. The SMILES string of the molecule is CS(=O)(=O)N(CC(=O)Nc1ccc(N2CCCC2)cc1)c1ccc(F)cc1F. The smallest absolute Gasteiger partial charge is 0.245 e. The fourth-order valence-electron chi connectivity index (χ4n) is 3.13. The third-order valence-corrected chi connectivity index (χ3v) is 5.61. The normalized spacial score (nSPS) is 14.2. The van der Waals surface area contributed by atoms with Gasteiger partial charge in [-0.1, -0.05) is 0 Å². The van der Waals surface area contributed by atoms with E-state index in [0.717, 1.165) is 50.0 Å². The predicted molar refractivity (Wildman–Crippen MR) is 105 cm³/mol. The third kappa shape index (κ3) is 4.78. The number of amides is 1. The topological polar surface area (TPSA) is 69.7 Å². The summed E-state index contributed by atoms with van der Waals surface area (Å²) in [6.07, 6.45) is 3.16. The number of nitrogens with one attached hydrogen (secondary N) is 1. The van der Waals surface area contributed by atoms with Gasteiger partial charge in [0.2, 0.25) is 15.9 Å². The van der Waals surface area contributed by atoms with Gasteiger partial charge in [-0.15, -0.1) is 0 Å². The fraction of sp³-hybridized carbons (Fsp3) is 0.316. The van der Waals surface area contributed by atoms with Gasteiger partial charge in [0, 0.05) is 30.5 Å². The van der Waals surface area contributed by atoms with E-state index in [0.29, 0.717) is 16.1 Å². The van der Waals surface area contributed by atoms with Crippen molar-refractivity contribution in [3.8, 4) is 0 Å². The van der Waals surface area contributed by atoms with Crippen LogP contribution in [0.5, 0.6) is 0 Å². The van der Waals surface area contributed by atoms with Gasteiger partial charge in [0.1, 0.15) is 18.2 Å². The van der Waals surface area contributed by atoms with Crippen LogP contribution in [0.4, 0.5) is 25.8 Å². The van der Waals surface area contributed by atoms with Crippen LogP contribution in [0.3, 0.4) is 0 Å². The van der Waals surface area contributed by atoms with Gasteiger partial charge in [0.15, 0.2) is 0 Å². The second kappa shape index (κ2) is 8.14. The molecule has 150 valence electrons. The molecule has 0 atom stereocenters. The Kier molecular flexibility index (Phi) is 5.83. The molecule has 1 aliphatic heterocycles. The lowest BCUT2D eigenvalue weighted by atomic mass is 10.2. The summed E-state index contributed by atoms with van der Waals surface area (Å²) in [5.41, 5.74) is 1.17. The lowest BCUT2D eigenvalue weighted by Crippen LogP contribution is -2.38. The first kappa shape index (κ1) is 20.1. The van der Waals surface area contributed by atoms with Crippen LogP contribution in [0.1, 0.15) is 12.8 Å². The summed E-state index contributed by atoms with van der Waals surface area (Å²) in [5, 5.41) is 2.60. The molecular weight excluding hydrogens is 388 g/mol. The zero-order valence-corrected chi connectivity index (χ0v) is 16.2. The standard InChI is InChI=1S/C19H21F2N3O3S/c1-28(26,27)24(18-9-4-14(20)12-17(18)21)13-19(25)22-15-5-7-16(8-6-15)23-10-2-3-11-23/h4-9,12H,2-3,10-11,13H2,1H3,(H,22,25). The number of rotatable bonds is 6. The van der Waals surface area contributed by atoms with Crippen molar-refractivity contribution in [1.82, 2.24) is 0 Å². The summed E-state index contributed by atoms with van der Waals surface area (Å²) in [6.45, 7) is 1.37. The molecule has 2 aromatic carbocycles. The Morgan fingerprint density at radius 3 is 2.32 bits per heavy atom. The van der Waals surface area contributed by atoms with Crippen molar-refractivity contribution in [1.29, 1.82) is 0 Å². The molecule has 1 saturated heterocycles. The molecule has 0 unspecified atom stereocenters. The summed E-state index contributed by atoms with van der Waals surface area (Å²) in [6, 6.07) is 9.73. The maximum absolute atomic E-state index is 14.0. The monoisotopic (exact) mass is 409 g/mol. The van der Waals surface area contributed by atoms with E-state index in [1.807, 2.05) is 12.1 Å². The van der Waals surface area contributed by atoms with Crippen molar-refractivity contribution in [2.45, 2.75) is 12.8 Å². The number of anilines is 3. The molecule has 6 nitrogen and oxygen atoms in total. The van der Waals surface area contributed by atoms with E-state index >= 15 is 0 Å². The van der Waals surface area contributed by atoms with E-state index < -0.39 is 34.1 Å². The van der Waals surface area contributed by atoms with Crippen molar-refractivity contribution in [2.24, 2.45) is 0 Å². The van der Waals surface area contributed by atoms with Gasteiger partial charge in [0.25, 0.3) is 0 Å². The molecule has 0 radical (unpaired) electrons. The Bertz CT molecular complexity index is 959. The Balaban J connectivity index is 1.72. The van der Waals surface area contributed by atoms with Crippen LogP contribution in [-0.2, 0) is 14.8 Å². The van der Waals surface area contributed by atoms with E-state index in [-0.39, 0.29) is 5.69 Å². The Labute approximate surface area is 162 Å². The minimum atomic E-state index is -3.96. The largest absolute Gasteiger partial charge is 0.372 e. The van der Waals surface area contributed by atoms with E-state index in [1.165, 1.54) is 0 Å². The van der Waals surface area contributed by atoms with E-state index in [1.54, 1.807) is 12.1 Å². The molecule has 9 heteroatoms. The molecule has 0 saturated carbocycles. The Hall–Kier alpha value is -2.68. The molecule has 0 aliphatic carbocycles. The zero-order valence-electron chi connectivity index (χ0n) is 15.4. The molecule has 1 fully saturated rings. The second-order valence-electron chi connectivity index (χ2n) is 6.65. The summed E-state index contributed by atoms with van der Waals surface area (Å²) >= 11 is 0. The second-order valence-corrected chi connectivity index (χ2v) is 8.56. The Morgan fingerprint density at radius 1 is 1.11 bits per heavy atom. The Morgan fingerprint density at radius 2 is 1.75 bits per heavy atom. The van der Waals surface area contributed by atoms with Gasteiger partial charge in [-0.25, -0.2) is 17.2 Å². The number of hydrogen-bond donors (Lipinski definition) is 1. The lowest BCUT2D eigenvalue weighted by Gasteiger charge is -2.22. The van der Waals surface area contributed by atoms with Crippen molar-refractivity contribution in [3.63, 3.8) is 0 Å². The quantitative estimate of drug-likeness (QED) is 0.797. The first-order valence-electron chi connectivity index (χ1n) is 8.82. The average Bonchev–Trinajstić information content (AvgIpc) is 3.15. The lowest BCUT2D eigenvalue weighted by molar-refractivity contribution is -0.114. The van der Waals surface area contributed by atoms with E-state index in [9.17, 15) is 22.0 Å². The van der Waals surface area contributed by atoms with Crippen LogP contribution in [-0.4, -0.2) is 40.2 Å². The van der Waals surface area contributed by atoms with Gasteiger partial charge < -0.3 is 10.2 Å². The van der Waals surface area contributed by atoms with Crippen LogP contribution in [0.25, 0.3) is 0 Å². The summed E-state index contributed by atoms with van der Waals surface area (Å²) in [7, 11) is -3.96. The van der Waals surface area contributed by atoms with Gasteiger partial charge in [0.05, 0.1) is 11.9 Å². The van der Waals surface area contributed by atoms with E-state index in [4.69, 9.17) is 0 Å². The first-order valence-corrected chi connectivity index (χ1v) is 10.7. The van der Waals surface area contributed by atoms with Crippen LogP contribution in [0, 0.1) is 11.6 Å². The number of halogens is 2. The van der Waals surface area contributed by atoms with Crippen molar-refractivity contribution >= 4 is 33.0 Å². The maximum Gasteiger partial charge on any atom is 0.245 e. The number of sulfonamides is 1. The highest BCUT2D eigenvalue weighted by atomic mass is 32.2. The number of benzene rings is 2. The maximum atomic E-state index is 14.0. The molecule has 0 aromatic heterocycles. The van der Waals surface area contributed by atoms with Crippen molar-refractivity contribution in [2.75, 3.05) is 40.4 Å². The third-order valence-electron chi connectivity index (χ3n) is 4.49. The minimum absolute atomic E-state index is 0.386. The van der Waals surface area contributed by atoms with Crippen LogP contribution >= 0.6 is 0 Å². The van der Waals surface area contributed by atoms with Crippen LogP contribution < -0.4 is 14.5 Å². The molecule has 1 heterocycles.